The molecule has 1 heterocycles. The van der Waals surface area contributed by atoms with E-state index in [-0.39, 0.29) is 36.2 Å². The Hall–Kier alpha value is -2.33. The standard InChI is InChI=1S/C21H25FN2O5S/c22-18-9-5-4-6-15(18)13-23-21(26)12-16-10-11-19(20(14-25)29-16)24-30(27,28)17-7-2-1-3-8-17/h1-9,16,19-20,24-25H,10-14H2,(H,23,26)/t16-,19-,20+/m1/s1. The van der Waals surface area contributed by atoms with E-state index < -0.39 is 28.3 Å². The first-order valence-electron chi connectivity index (χ1n) is 9.73. The first-order valence-corrected chi connectivity index (χ1v) is 11.2. The van der Waals surface area contributed by atoms with E-state index in [1.54, 1.807) is 36.4 Å². The molecule has 0 saturated carbocycles. The van der Waals surface area contributed by atoms with Gasteiger partial charge in [-0.25, -0.2) is 17.5 Å². The monoisotopic (exact) mass is 436 g/mol. The molecule has 0 spiro atoms. The summed E-state index contributed by atoms with van der Waals surface area (Å²) in [5.74, 6) is -0.691. The number of carbonyl (C=O) groups is 1. The molecule has 1 fully saturated rings. The Balaban J connectivity index is 1.52. The van der Waals surface area contributed by atoms with Gasteiger partial charge in [0.25, 0.3) is 0 Å². The Kier molecular flexibility index (Phi) is 7.54. The van der Waals surface area contributed by atoms with Crippen LogP contribution >= 0.6 is 0 Å². The lowest BCUT2D eigenvalue weighted by Crippen LogP contribution is -2.51. The predicted octanol–water partition coefficient (Wildman–Crippen LogP) is 1.72. The van der Waals surface area contributed by atoms with E-state index in [2.05, 4.69) is 10.0 Å². The molecule has 3 rings (SSSR count). The van der Waals surface area contributed by atoms with Gasteiger partial charge in [0.05, 0.1) is 36.2 Å². The van der Waals surface area contributed by atoms with Gasteiger partial charge in [-0.3, -0.25) is 4.79 Å². The van der Waals surface area contributed by atoms with E-state index in [0.717, 1.165) is 0 Å². The van der Waals surface area contributed by atoms with Gasteiger partial charge in [0.15, 0.2) is 0 Å². The Morgan fingerprint density at radius 1 is 1.10 bits per heavy atom. The van der Waals surface area contributed by atoms with Gasteiger partial charge in [-0.2, -0.15) is 0 Å². The SMILES string of the molecule is O=C(C[C@H]1CC[C@@H](NS(=O)(=O)c2ccccc2)[C@H](CO)O1)NCc1ccccc1F. The maximum absolute atomic E-state index is 13.6. The van der Waals surface area contributed by atoms with Crippen LogP contribution in [0.5, 0.6) is 0 Å². The molecule has 7 nitrogen and oxygen atoms in total. The first-order chi connectivity index (χ1) is 14.4. The number of ether oxygens (including phenoxy) is 1. The molecule has 0 radical (unpaired) electrons. The third-order valence-electron chi connectivity index (χ3n) is 5.00. The minimum atomic E-state index is -3.74. The molecule has 30 heavy (non-hydrogen) atoms. The van der Waals surface area contributed by atoms with Crippen LogP contribution in [0.1, 0.15) is 24.8 Å². The second-order valence-electron chi connectivity index (χ2n) is 7.17. The van der Waals surface area contributed by atoms with Crippen molar-refractivity contribution in [3.63, 3.8) is 0 Å². The van der Waals surface area contributed by atoms with Crippen LogP contribution in [0.25, 0.3) is 0 Å². The summed E-state index contributed by atoms with van der Waals surface area (Å²) in [5, 5.41) is 12.3. The quantitative estimate of drug-likeness (QED) is 0.585. The minimum absolute atomic E-state index is 0.0447. The Morgan fingerprint density at radius 3 is 2.50 bits per heavy atom. The maximum atomic E-state index is 13.6. The van der Waals surface area contributed by atoms with Gasteiger partial charge < -0.3 is 15.2 Å². The predicted molar refractivity (Wildman–Crippen MR) is 108 cm³/mol. The van der Waals surface area contributed by atoms with E-state index in [9.17, 15) is 22.7 Å². The number of hydrogen-bond donors (Lipinski definition) is 3. The van der Waals surface area contributed by atoms with Crippen LogP contribution in [0.3, 0.4) is 0 Å². The van der Waals surface area contributed by atoms with Gasteiger partial charge in [0, 0.05) is 12.1 Å². The number of amides is 1. The van der Waals surface area contributed by atoms with Crippen LogP contribution in [-0.4, -0.2) is 44.3 Å². The smallest absolute Gasteiger partial charge is 0.240 e. The molecule has 1 amide bonds. The topological polar surface area (TPSA) is 105 Å². The Labute approximate surface area is 175 Å². The average molecular weight is 437 g/mol. The van der Waals surface area contributed by atoms with Crippen LogP contribution in [0, 0.1) is 5.82 Å². The summed E-state index contributed by atoms with van der Waals surface area (Å²) < 4.78 is 47.0. The van der Waals surface area contributed by atoms with E-state index in [0.29, 0.717) is 18.4 Å². The summed E-state index contributed by atoms with van der Waals surface area (Å²) in [6, 6.07) is 13.6. The van der Waals surface area contributed by atoms with Crippen molar-refractivity contribution in [3.05, 3.63) is 66.0 Å². The molecule has 2 aromatic rings. The highest BCUT2D eigenvalue weighted by Gasteiger charge is 2.34. The molecule has 1 aliphatic heterocycles. The summed E-state index contributed by atoms with van der Waals surface area (Å²) in [5.41, 5.74) is 0.388. The van der Waals surface area contributed by atoms with Crippen LogP contribution < -0.4 is 10.0 Å². The molecule has 162 valence electrons. The van der Waals surface area contributed by atoms with Crippen LogP contribution in [0.15, 0.2) is 59.5 Å². The number of aliphatic hydroxyl groups excluding tert-OH is 1. The number of halogens is 1. The molecule has 9 heteroatoms. The third kappa shape index (κ3) is 5.85. The molecule has 0 aliphatic carbocycles. The largest absolute Gasteiger partial charge is 0.394 e. The van der Waals surface area contributed by atoms with Gasteiger partial charge >= 0.3 is 0 Å². The van der Waals surface area contributed by atoms with Gasteiger partial charge in [-0.15, -0.1) is 0 Å². The normalized spacial score (nSPS) is 21.9. The molecule has 0 unspecified atom stereocenters. The highest BCUT2D eigenvalue weighted by Crippen LogP contribution is 2.23. The second kappa shape index (κ2) is 10.1. The van der Waals surface area contributed by atoms with Crippen LogP contribution in [0.2, 0.25) is 0 Å². The third-order valence-corrected chi connectivity index (χ3v) is 6.51. The zero-order chi connectivity index (χ0) is 21.6. The lowest BCUT2D eigenvalue weighted by molar-refractivity contribution is -0.130. The van der Waals surface area contributed by atoms with E-state index in [1.807, 2.05) is 0 Å². The van der Waals surface area contributed by atoms with Crippen molar-refractivity contribution in [3.8, 4) is 0 Å². The molecule has 1 saturated heterocycles. The highest BCUT2D eigenvalue weighted by atomic mass is 32.2. The zero-order valence-electron chi connectivity index (χ0n) is 16.3. The average Bonchev–Trinajstić information content (AvgIpc) is 2.74. The summed E-state index contributed by atoms with van der Waals surface area (Å²) in [4.78, 5) is 12.3. The Bertz CT molecular complexity index is 955. The number of sulfonamides is 1. The lowest BCUT2D eigenvalue weighted by Gasteiger charge is -2.35. The summed E-state index contributed by atoms with van der Waals surface area (Å²) in [7, 11) is -3.74. The zero-order valence-corrected chi connectivity index (χ0v) is 17.1. The molecule has 0 aromatic heterocycles. The van der Waals surface area contributed by atoms with Crippen molar-refractivity contribution in [2.24, 2.45) is 0 Å². The number of aliphatic hydroxyl groups is 1. The molecule has 3 atom stereocenters. The number of rotatable bonds is 8. The van der Waals surface area contributed by atoms with E-state index in [1.165, 1.54) is 18.2 Å². The molecular weight excluding hydrogens is 411 g/mol. The molecule has 0 bridgehead atoms. The second-order valence-corrected chi connectivity index (χ2v) is 8.88. The minimum Gasteiger partial charge on any atom is -0.394 e. The van der Waals surface area contributed by atoms with Gasteiger partial charge in [0.1, 0.15) is 5.82 Å². The summed E-state index contributed by atoms with van der Waals surface area (Å²) >= 11 is 0. The number of hydrogen-bond acceptors (Lipinski definition) is 5. The van der Waals surface area contributed by atoms with Crippen molar-refractivity contribution >= 4 is 15.9 Å². The first kappa shape index (κ1) is 22.4. The fourth-order valence-electron chi connectivity index (χ4n) is 3.40. The van der Waals surface area contributed by atoms with Crippen molar-refractivity contribution in [2.45, 2.75) is 49.0 Å². The maximum Gasteiger partial charge on any atom is 0.240 e. The van der Waals surface area contributed by atoms with E-state index >= 15 is 0 Å². The summed E-state index contributed by atoms with van der Waals surface area (Å²) in [6.07, 6.45) is -0.307. The Morgan fingerprint density at radius 2 is 1.80 bits per heavy atom. The summed E-state index contributed by atoms with van der Waals surface area (Å²) in [6.45, 7) is -0.309. The van der Waals surface area contributed by atoms with Crippen LogP contribution in [-0.2, 0) is 26.1 Å². The van der Waals surface area contributed by atoms with Crippen molar-refractivity contribution in [1.82, 2.24) is 10.0 Å². The number of carbonyl (C=O) groups excluding carboxylic acids is 1. The van der Waals surface area contributed by atoms with Crippen molar-refractivity contribution in [2.75, 3.05) is 6.61 Å². The van der Waals surface area contributed by atoms with E-state index in [4.69, 9.17) is 4.74 Å². The fourth-order valence-corrected chi connectivity index (χ4v) is 4.72. The molecule has 2 aromatic carbocycles. The molecule has 1 aliphatic rings. The number of benzene rings is 2. The highest BCUT2D eigenvalue weighted by molar-refractivity contribution is 7.89. The lowest BCUT2D eigenvalue weighted by atomic mass is 9.98. The number of nitrogens with one attached hydrogen (secondary N) is 2. The molecular formula is C21H25FN2O5S. The van der Waals surface area contributed by atoms with Gasteiger partial charge in [-0.1, -0.05) is 36.4 Å². The van der Waals surface area contributed by atoms with Crippen molar-refractivity contribution < 1.29 is 27.4 Å². The van der Waals surface area contributed by atoms with Gasteiger partial charge in [0.2, 0.25) is 15.9 Å². The van der Waals surface area contributed by atoms with Crippen molar-refractivity contribution in [1.29, 1.82) is 0 Å². The van der Waals surface area contributed by atoms with Crippen LogP contribution in [0.4, 0.5) is 4.39 Å². The van der Waals surface area contributed by atoms with Gasteiger partial charge in [-0.05, 0) is 31.0 Å². The fraction of sp³-hybridized carbons (Fsp3) is 0.381. The molecule has 3 N–H and O–H groups in total.